The summed E-state index contributed by atoms with van der Waals surface area (Å²) in [5, 5.41) is 2.99. The highest BCUT2D eigenvalue weighted by molar-refractivity contribution is 5.83. The monoisotopic (exact) mass is 404 g/mol. The molecule has 1 atom stereocenters. The minimum atomic E-state index is -0.115. The molecule has 1 aromatic heterocycles. The predicted molar refractivity (Wildman–Crippen MR) is 109 cm³/mol. The molecule has 0 bridgehead atoms. The van der Waals surface area contributed by atoms with Gasteiger partial charge in [-0.05, 0) is 31.4 Å². The zero-order valence-corrected chi connectivity index (χ0v) is 17.1. The van der Waals surface area contributed by atoms with Crippen molar-refractivity contribution in [2.24, 2.45) is 5.92 Å². The van der Waals surface area contributed by atoms with Crippen LogP contribution in [0, 0.1) is 5.92 Å². The number of carbonyl (C=O) groups excluding carboxylic acids is 2. The van der Waals surface area contributed by atoms with Gasteiger partial charge in [-0.2, -0.15) is 0 Å². The number of hydrogen-bond acceptors (Lipinski definition) is 6. The van der Waals surface area contributed by atoms with Crippen molar-refractivity contribution in [3.8, 4) is 5.75 Å². The van der Waals surface area contributed by atoms with Gasteiger partial charge < -0.3 is 19.7 Å². The lowest BCUT2D eigenvalue weighted by molar-refractivity contribution is -0.138. The number of nitrogens with one attached hydrogen (secondary N) is 1. The van der Waals surface area contributed by atoms with Crippen LogP contribution in [-0.4, -0.2) is 85.7 Å². The SMILES string of the molecule is O=C(NCCCOc1cccnc1)C1CCC(=O)N(CCCN2CCOCC2)C1. The van der Waals surface area contributed by atoms with Crippen LogP contribution in [0.15, 0.2) is 24.5 Å². The zero-order chi connectivity index (χ0) is 20.3. The van der Waals surface area contributed by atoms with Crippen molar-refractivity contribution < 1.29 is 19.1 Å². The summed E-state index contributed by atoms with van der Waals surface area (Å²) < 4.78 is 10.9. The minimum absolute atomic E-state index is 0.0389. The van der Waals surface area contributed by atoms with Gasteiger partial charge in [-0.1, -0.05) is 0 Å². The topological polar surface area (TPSA) is 84.0 Å². The molecule has 1 N–H and O–H groups in total. The Hall–Kier alpha value is -2.19. The van der Waals surface area contributed by atoms with Gasteiger partial charge in [-0.3, -0.25) is 19.5 Å². The molecule has 0 aliphatic carbocycles. The Morgan fingerprint density at radius 3 is 2.93 bits per heavy atom. The molecule has 0 spiro atoms. The summed E-state index contributed by atoms with van der Waals surface area (Å²) in [6.07, 6.45) is 6.14. The maximum atomic E-state index is 12.5. The van der Waals surface area contributed by atoms with Crippen LogP contribution in [0.1, 0.15) is 25.7 Å². The molecule has 3 rings (SSSR count). The molecule has 8 heteroatoms. The van der Waals surface area contributed by atoms with E-state index in [9.17, 15) is 9.59 Å². The smallest absolute Gasteiger partial charge is 0.224 e. The fourth-order valence-electron chi connectivity index (χ4n) is 3.71. The molecule has 1 aromatic rings. The van der Waals surface area contributed by atoms with Gasteiger partial charge >= 0.3 is 0 Å². The molecule has 0 radical (unpaired) electrons. The molecule has 2 aliphatic rings. The summed E-state index contributed by atoms with van der Waals surface area (Å²) in [7, 11) is 0. The standard InChI is InChI=1S/C21H32N4O4/c26-20-6-5-18(17-25(20)10-3-9-24-11-14-28-15-12-24)21(27)23-8-2-13-29-19-4-1-7-22-16-19/h1,4,7,16,18H,2-3,5-6,8-15,17H2,(H,23,27). The quantitative estimate of drug-likeness (QED) is 0.584. The maximum Gasteiger partial charge on any atom is 0.224 e. The number of carbonyl (C=O) groups is 2. The van der Waals surface area contributed by atoms with E-state index in [0.717, 1.165) is 58.0 Å². The first-order valence-corrected chi connectivity index (χ1v) is 10.6. The van der Waals surface area contributed by atoms with Crippen LogP contribution < -0.4 is 10.1 Å². The summed E-state index contributed by atoms with van der Waals surface area (Å²) in [6, 6.07) is 3.69. The number of hydrogen-bond donors (Lipinski definition) is 1. The normalized spacial score (nSPS) is 20.5. The Bertz CT molecular complexity index is 637. The van der Waals surface area contributed by atoms with Gasteiger partial charge in [-0.25, -0.2) is 0 Å². The molecule has 8 nitrogen and oxygen atoms in total. The summed E-state index contributed by atoms with van der Waals surface area (Å²) in [5.74, 6) is 0.825. The number of likely N-dealkylation sites (tertiary alicyclic amines) is 1. The van der Waals surface area contributed by atoms with E-state index in [0.29, 0.717) is 32.5 Å². The second kappa shape index (κ2) is 11.7. The Morgan fingerprint density at radius 1 is 1.28 bits per heavy atom. The number of rotatable bonds is 10. The van der Waals surface area contributed by atoms with Gasteiger partial charge in [0, 0.05) is 51.9 Å². The van der Waals surface area contributed by atoms with E-state index in [-0.39, 0.29) is 17.7 Å². The van der Waals surface area contributed by atoms with Crippen molar-refractivity contribution in [1.29, 1.82) is 0 Å². The molecule has 2 amide bonds. The lowest BCUT2D eigenvalue weighted by Gasteiger charge is -2.33. The summed E-state index contributed by atoms with van der Waals surface area (Å²) in [6.45, 7) is 6.83. The van der Waals surface area contributed by atoms with E-state index >= 15 is 0 Å². The van der Waals surface area contributed by atoms with Crippen molar-refractivity contribution in [2.75, 3.05) is 59.1 Å². The largest absolute Gasteiger partial charge is 0.492 e. The number of piperidine rings is 1. The maximum absolute atomic E-state index is 12.5. The lowest BCUT2D eigenvalue weighted by Crippen LogP contribution is -2.47. The van der Waals surface area contributed by atoms with E-state index in [1.165, 1.54) is 0 Å². The van der Waals surface area contributed by atoms with E-state index in [2.05, 4.69) is 15.2 Å². The average Bonchev–Trinajstić information content (AvgIpc) is 2.76. The van der Waals surface area contributed by atoms with Gasteiger partial charge in [0.25, 0.3) is 0 Å². The Balaban J connectivity index is 1.30. The third-order valence-electron chi connectivity index (χ3n) is 5.40. The first-order chi connectivity index (χ1) is 14.2. The molecule has 3 heterocycles. The molecule has 0 aromatic carbocycles. The van der Waals surface area contributed by atoms with Crippen LogP contribution >= 0.6 is 0 Å². The molecule has 2 aliphatic heterocycles. The second-order valence-electron chi connectivity index (χ2n) is 7.56. The van der Waals surface area contributed by atoms with Crippen LogP contribution in [0.3, 0.4) is 0 Å². The molecule has 160 valence electrons. The molecule has 29 heavy (non-hydrogen) atoms. The first-order valence-electron chi connectivity index (χ1n) is 10.6. The van der Waals surface area contributed by atoms with Crippen LogP contribution in [0.5, 0.6) is 5.75 Å². The molecular weight excluding hydrogens is 372 g/mol. The van der Waals surface area contributed by atoms with Crippen molar-refractivity contribution in [1.82, 2.24) is 20.1 Å². The number of nitrogens with zero attached hydrogens (tertiary/aromatic N) is 3. The summed E-state index contributed by atoms with van der Waals surface area (Å²) in [5.41, 5.74) is 0. The van der Waals surface area contributed by atoms with Crippen molar-refractivity contribution in [3.05, 3.63) is 24.5 Å². The Morgan fingerprint density at radius 2 is 2.14 bits per heavy atom. The van der Waals surface area contributed by atoms with Gasteiger partial charge in [0.1, 0.15) is 5.75 Å². The number of aromatic nitrogens is 1. The number of ether oxygens (including phenoxy) is 2. The van der Waals surface area contributed by atoms with Crippen molar-refractivity contribution in [3.63, 3.8) is 0 Å². The highest BCUT2D eigenvalue weighted by atomic mass is 16.5. The molecule has 0 saturated carbocycles. The Labute approximate surface area is 172 Å². The van der Waals surface area contributed by atoms with Crippen LogP contribution in [0.2, 0.25) is 0 Å². The van der Waals surface area contributed by atoms with E-state index in [4.69, 9.17) is 9.47 Å². The molecule has 1 unspecified atom stereocenters. The van der Waals surface area contributed by atoms with E-state index in [1.54, 1.807) is 12.4 Å². The fraction of sp³-hybridized carbons (Fsp3) is 0.667. The molecule has 2 fully saturated rings. The second-order valence-corrected chi connectivity index (χ2v) is 7.56. The van der Waals surface area contributed by atoms with Crippen molar-refractivity contribution >= 4 is 11.8 Å². The van der Waals surface area contributed by atoms with E-state index in [1.807, 2.05) is 17.0 Å². The van der Waals surface area contributed by atoms with Crippen LogP contribution in [0.4, 0.5) is 0 Å². The van der Waals surface area contributed by atoms with Crippen LogP contribution in [-0.2, 0) is 14.3 Å². The summed E-state index contributed by atoms with van der Waals surface area (Å²) >= 11 is 0. The third-order valence-corrected chi connectivity index (χ3v) is 5.40. The number of pyridine rings is 1. The Kier molecular flexibility index (Phi) is 8.70. The van der Waals surface area contributed by atoms with E-state index < -0.39 is 0 Å². The first kappa shape index (κ1) is 21.5. The molecule has 2 saturated heterocycles. The van der Waals surface area contributed by atoms with Crippen molar-refractivity contribution in [2.45, 2.75) is 25.7 Å². The average molecular weight is 405 g/mol. The minimum Gasteiger partial charge on any atom is -0.492 e. The van der Waals surface area contributed by atoms with Gasteiger partial charge in [-0.15, -0.1) is 0 Å². The number of morpholine rings is 1. The zero-order valence-electron chi connectivity index (χ0n) is 17.1. The predicted octanol–water partition coefficient (Wildman–Crippen LogP) is 0.928. The highest BCUT2D eigenvalue weighted by Crippen LogP contribution is 2.18. The lowest BCUT2D eigenvalue weighted by atomic mass is 9.96. The summed E-state index contributed by atoms with van der Waals surface area (Å²) in [4.78, 5) is 32.9. The third kappa shape index (κ3) is 7.29. The highest BCUT2D eigenvalue weighted by Gasteiger charge is 2.29. The fourth-order valence-corrected chi connectivity index (χ4v) is 3.71. The van der Waals surface area contributed by atoms with Gasteiger partial charge in [0.2, 0.25) is 11.8 Å². The van der Waals surface area contributed by atoms with Gasteiger partial charge in [0.15, 0.2) is 0 Å². The number of amides is 2. The van der Waals surface area contributed by atoms with Crippen LogP contribution in [0.25, 0.3) is 0 Å². The molecular formula is C21H32N4O4. The van der Waals surface area contributed by atoms with Gasteiger partial charge in [0.05, 0.1) is 31.9 Å².